The van der Waals surface area contributed by atoms with E-state index >= 15 is 0 Å². The summed E-state index contributed by atoms with van der Waals surface area (Å²) in [6.45, 7) is 3.21. The van der Waals surface area contributed by atoms with Gasteiger partial charge >= 0.3 is 11.9 Å². The summed E-state index contributed by atoms with van der Waals surface area (Å²) in [5.74, 6) is -2.05. The minimum atomic E-state index is -1.24. The summed E-state index contributed by atoms with van der Waals surface area (Å²) in [4.78, 5) is 48.3. The number of unbranched alkanes of at least 4 members (excludes halogenated alkanes) is 4. The zero-order valence-electron chi connectivity index (χ0n) is 15.7. The molecule has 1 fully saturated rings. The van der Waals surface area contributed by atoms with E-state index in [1.807, 2.05) is 0 Å². The number of β-lactam (4-membered cyclic amide) rings is 1. The summed E-state index contributed by atoms with van der Waals surface area (Å²) in [5, 5.41) is 11.8. The number of thioether (sulfide) groups is 1. The second kappa shape index (κ2) is 9.77. The predicted octanol–water partition coefficient (Wildman–Crippen LogP) is 1.65. The first-order chi connectivity index (χ1) is 12.9. The number of nitrogens with zero attached hydrogens (tertiary/aromatic N) is 1. The van der Waals surface area contributed by atoms with Crippen molar-refractivity contribution in [2.24, 2.45) is 0 Å². The van der Waals surface area contributed by atoms with Crippen LogP contribution in [0.4, 0.5) is 0 Å². The van der Waals surface area contributed by atoms with Gasteiger partial charge in [-0.15, -0.1) is 11.8 Å². The van der Waals surface area contributed by atoms with Gasteiger partial charge in [-0.3, -0.25) is 19.3 Å². The fourth-order valence-electron chi connectivity index (χ4n) is 3.12. The molecule has 0 aliphatic carbocycles. The van der Waals surface area contributed by atoms with Gasteiger partial charge in [0.25, 0.3) is 5.91 Å². The zero-order chi connectivity index (χ0) is 20.0. The maximum Gasteiger partial charge on any atom is 0.352 e. The third kappa shape index (κ3) is 5.24. The number of carboxylic acids is 1. The predicted molar refractivity (Wildman–Crippen MR) is 99.7 cm³/mol. The molecular weight excluding hydrogens is 372 g/mol. The van der Waals surface area contributed by atoms with E-state index in [4.69, 9.17) is 4.74 Å². The number of aliphatic carboxylic acids is 1. The molecule has 8 nitrogen and oxygen atoms in total. The Bertz CT molecular complexity index is 648. The van der Waals surface area contributed by atoms with Crippen molar-refractivity contribution >= 4 is 35.5 Å². The van der Waals surface area contributed by atoms with Crippen molar-refractivity contribution in [1.82, 2.24) is 10.2 Å². The monoisotopic (exact) mass is 398 g/mol. The fraction of sp³-hybridized carbons (Fsp3) is 0.667. The summed E-state index contributed by atoms with van der Waals surface area (Å²) in [5.41, 5.74) is 0.239. The molecule has 0 aromatic carbocycles. The van der Waals surface area contributed by atoms with E-state index < -0.39 is 29.3 Å². The Labute approximate surface area is 162 Å². The Morgan fingerprint density at radius 1 is 1.26 bits per heavy atom. The first kappa shape index (κ1) is 21.3. The van der Waals surface area contributed by atoms with Crippen molar-refractivity contribution < 1.29 is 29.0 Å². The standard InChI is InChI=1S/C18H26N2O6S/c1-3-4-5-6-7-8-13(22)19-14-16(23)20-15(18(24)25)12(9-26-11(2)21)10-27-17(14)20/h14,17H,3-10H2,1-2H3,(H,19,22)(H,24,25)/t14-,17-/m1/s1. The van der Waals surface area contributed by atoms with Crippen LogP contribution in [-0.2, 0) is 23.9 Å². The van der Waals surface area contributed by atoms with Gasteiger partial charge in [-0.05, 0) is 6.42 Å². The summed E-state index contributed by atoms with van der Waals surface area (Å²) in [6.07, 6.45) is 5.50. The number of carboxylic acid groups (broad SMARTS) is 1. The smallest absolute Gasteiger partial charge is 0.352 e. The van der Waals surface area contributed by atoms with Crippen LogP contribution in [0.15, 0.2) is 11.3 Å². The summed E-state index contributed by atoms with van der Waals surface area (Å²) >= 11 is 1.36. The van der Waals surface area contributed by atoms with Crippen LogP contribution in [0, 0.1) is 0 Å². The number of rotatable bonds is 10. The third-order valence-electron chi connectivity index (χ3n) is 4.52. The Balaban J connectivity index is 1.93. The van der Waals surface area contributed by atoms with Crippen molar-refractivity contribution in [3.63, 3.8) is 0 Å². The molecule has 0 radical (unpaired) electrons. The Morgan fingerprint density at radius 2 is 1.96 bits per heavy atom. The molecule has 0 unspecified atom stereocenters. The number of carbonyl (C=O) groups is 4. The number of carbonyl (C=O) groups excluding carboxylic acids is 3. The lowest BCUT2D eigenvalue weighted by atomic mass is 10.0. The Kier molecular flexibility index (Phi) is 7.70. The van der Waals surface area contributed by atoms with E-state index in [0.717, 1.165) is 32.1 Å². The van der Waals surface area contributed by atoms with Gasteiger partial charge in [0.2, 0.25) is 5.91 Å². The maximum absolute atomic E-state index is 12.4. The lowest BCUT2D eigenvalue weighted by molar-refractivity contribution is -0.151. The summed E-state index contributed by atoms with van der Waals surface area (Å²) in [6, 6.07) is -0.706. The van der Waals surface area contributed by atoms with Gasteiger partial charge in [0, 0.05) is 24.7 Å². The Morgan fingerprint density at radius 3 is 2.59 bits per heavy atom. The largest absolute Gasteiger partial charge is 0.477 e. The second-order valence-corrected chi connectivity index (χ2v) is 7.76. The third-order valence-corrected chi connectivity index (χ3v) is 5.86. The van der Waals surface area contributed by atoms with Gasteiger partial charge < -0.3 is 15.2 Å². The maximum atomic E-state index is 12.4. The Hall–Kier alpha value is -2.03. The molecule has 2 atom stereocenters. The van der Waals surface area contributed by atoms with Crippen LogP contribution in [-0.4, -0.2) is 57.5 Å². The van der Waals surface area contributed by atoms with Crippen molar-refractivity contribution in [3.8, 4) is 0 Å². The minimum Gasteiger partial charge on any atom is -0.477 e. The van der Waals surface area contributed by atoms with Crippen LogP contribution < -0.4 is 5.32 Å². The highest BCUT2D eigenvalue weighted by Crippen LogP contribution is 2.40. The lowest BCUT2D eigenvalue weighted by Gasteiger charge is -2.49. The van der Waals surface area contributed by atoms with Crippen LogP contribution in [0.2, 0.25) is 0 Å². The molecule has 0 aromatic heterocycles. The summed E-state index contributed by atoms with van der Waals surface area (Å²) < 4.78 is 4.89. The fourth-order valence-corrected chi connectivity index (χ4v) is 4.45. The van der Waals surface area contributed by atoms with Crippen molar-refractivity contribution in [2.75, 3.05) is 12.4 Å². The van der Waals surface area contributed by atoms with Gasteiger partial charge in [0.1, 0.15) is 23.7 Å². The van der Waals surface area contributed by atoms with E-state index in [1.54, 1.807) is 0 Å². The molecular formula is C18H26N2O6S. The number of amides is 2. The minimum absolute atomic E-state index is 0.143. The number of fused-ring (bicyclic) bond motifs is 1. The first-order valence-electron chi connectivity index (χ1n) is 9.19. The molecule has 2 heterocycles. The number of hydrogen-bond acceptors (Lipinski definition) is 6. The molecule has 9 heteroatoms. The van der Waals surface area contributed by atoms with Crippen molar-refractivity contribution in [1.29, 1.82) is 0 Å². The highest BCUT2D eigenvalue weighted by atomic mass is 32.2. The highest BCUT2D eigenvalue weighted by molar-refractivity contribution is 8.00. The first-order valence-corrected chi connectivity index (χ1v) is 10.2. The average Bonchev–Trinajstić information content (AvgIpc) is 2.63. The van der Waals surface area contributed by atoms with E-state index in [2.05, 4.69) is 12.2 Å². The van der Waals surface area contributed by atoms with E-state index in [-0.39, 0.29) is 18.2 Å². The SMILES string of the molecule is CCCCCCCC(=O)N[C@@H]1C(=O)N2C(C(=O)O)=C(COC(C)=O)CS[C@H]12. The molecule has 2 rings (SSSR count). The number of nitrogens with one attached hydrogen (secondary N) is 1. The molecule has 2 aliphatic heterocycles. The molecule has 2 N–H and O–H groups in total. The topological polar surface area (TPSA) is 113 Å². The summed E-state index contributed by atoms with van der Waals surface area (Å²) in [7, 11) is 0. The van der Waals surface area contributed by atoms with E-state index in [0.29, 0.717) is 17.7 Å². The normalized spacial score (nSPS) is 21.4. The molecule has 27 heavy (non-hydrogen) atoms. The molecule has 0 aromatic rings. The second-order valence-electron chi connectivity index (χ2n) is 6.66. The molecule has 2 aliphatic rings. The van der Waals surface area contributed by atoms with Gasteiger partial charge in [0.15, 0.2) is 0 Å². The lowest BCUT2D eigenvalue weighted by Crippen LogP contribution is -2.70. The van der Waals surface area contributed by atoms with Crippen LogP contribution in [0.5, 0.6) is 0 Å². The van der Waals surface area contributed by atoms with Gasteiger partial charge in [0.05, 0.1) is 0 Å². The van der Waals surface area contributed by atoms with E-state index in [9.17, 15) is 24.3 Å². The molecule has 2 amide bonds. The molecule has 150 valence electrons. The zero-order valence-corrected chi connectivity index (χ0v) is 16.5. The molecule has 0 saturated carbocycles. The highest BCUT2D eigenvalue weighted by Gasteiger charge is 2.54. The van der Waals surface area contributed by atoms with Crippen LogP contribution >= 0.6 is 11.8 Å². The average molecular weight is 398 g/mol. The quantitative estimate of drug-likeness (QED) is 0.327. The van der Waals surface area contributed by atoms with Crippen LogP contribution in [0.25, 0.3) is 0 Å². The molecule has 0 bridgehead atoms. The van der Waals surface area contributed by atoms with Gasteiger partial charge in [-0.25, -0.2) is 4.79 Å². The number of hydrogen-bond donors (Lipinski definition) is 2. The molecule has 1 saturated heterocycles. The van der Waals surface area contributed by atoms with Gasteiger partial charge in [-0.2, -0.15) is 0 Å². The number of esters is 1. The van der Waals surface area contributed by atoms with E-state index in [1.165, 1.54) is 23.6 Å². The van der Waals surface area contributed by atoms with Gasteiger partial charge in [-0.1, -0.05) is 32.6 Å². The van der Waals surface area contributed by atoms with Crippen molar-refractivity contribution in [2.45, 2.75) is 63.8 Å². The van der Waals surface area contributed by atoms with Crippen molar-refractivity contribution in [3.05, 3.63) is 11.3 Å². The van der Waals surface area contributed by atoms with Crippen LogP contribution in [0.3, 0.4) is 0 Å². The molecule has 0 spiro atoms. The van der Waals surface area contributed by atoms with Crippen LogP contribution in [0.1, 0.15) is 52.4 Å². The number of ether oxygens (including phenoxy) is 1.